The highest BCUT2D eigenvalue weighted by Gasteiger charge is 2.14. The lowest BCUT2D eigenvalue weighted by molar-refractivity contribution is -0.141. The van der Waals surface area contributed by atoms with Crippen LogP contribution in [0.3, 0.4) is 0 Å². The van der Waals surface area contributed by atoms with Crippen LogP contribution in [0, 0.1) is 0 Å². The van der Waals surface area contributed by atoms with Gasteiger partial charge in [-0.3, -0.25) is 14.4 Å². The first-order valence-electron chi connectivity index (χ1n) is 6.85. The highest BCUT2D eigenvalue weighted by molar-refractivity contribution is 6.32. The second-order valence-corrected chi connectivity index (χ2v) is 5.00. The fraction of sp³-hybridized carbons (Fsp3) is 0.188. The molecule has 0 aliphatic carbocycles. The maximum Gasteiger partial charge on any atom is 0.325 e. The van der Waals surface area contributed by atoms with Crippen molar-refractivity contribution in [3.05, 3.63) is 52.9 Å². The maximum absolute atomic E-state index is 11.9. The van der Waals surface area contributed by atoms with E-state index in [1.54, 1.807) is 12.1 Å². The molecule has 0 aliphatic heterocycles. The van der Waals surface area contributed by atoms with E-state index in [0.29, 0.717) is 5.75 Å². The third kappa shape index (κ3) is 4.60. The summed E-state index contributed by atoms with van der Waals surface area (Å²) in [6.45, 7) is -0.839. The molecular weight excluding hydrogens is 338 g/mol. The van der Waals surface area contributed by atoms with Crippen LogP contribution < -0.4 is 10.1 Å². The summed E-state index contributed by atoms with van der Waals surface area (Å²) in [5.74, 6) is -1.21. The second kappa shape index (κ2) is 8.16. The number of hydrogen-bond acceptors (Lipinski definition) is 6. The molecular formula is C16H14ClNO6. The van der Waals surface area contributed by atoms with Crippen molar-refractivity contribution in [3.63, 3.8) is 0 Å². The monoisotopic (exact) mass is 351 g/mol. The van der Waals surface area contributed by atoms with Gasteiger partial charge in [-0.1, -0.05) is 11.6 Å². The van der Waals surface area contributed by atoms with E-state index in [-0.39, 0.29) is 22.9 Å². The summed E-state index contributed by atoms with van der Waals surface area (Å²) in [5, 5.41) is 2.59. The number of carbonyl (C=O) groups excluding carboxylic acids is 3. The summed E-state index contributed by atoms with van der Waals surface area (Å²) in [6.07, 6.45) is 1.34. The Balaban J connectivity index is 1.80. The molecule has 1 amide bonds. The molecule has 126 valence electrons. The second-order valence-electron chi connectivity index (χ2n) is 4.59. The molecule has 7 nitrogen and oxygen atoms in total. The molecule has 0 bridgehead atoms. The number of hydrogen-bond donors (Lipinski definition) is 1. The molecule has 1 aromatic heterocycles. The smallest absolute Gasteiger partial charge is 0.325 e. The van der Waals surface area contributed by atoms with Crippen molar-refractivity contribution >= 4 is 29.3 Å². The van der Waals surface area contributed by atoms with Crippen LogP contribution in [0.5, 0.6) is 5.75 Å². The summed E-state index contributed by atoms with van der Waals surface area (Å²) in [4.78, 5) is 35.1. The van der Waals surface area contributed by atoms with Crippen molar-refractivity contribution in [3.8, 4) is 5.75 Å². The number of methoxy groups -OCH3 is 1. The van der Waals surface area contributed by atoms with Crippen molar-refractivity contribution in [1.29, 1.82) is 0 Å². The lowest BCUT2D eigenvalue weighted by Gasteiger charge is -2.07. The number of rotatable bonds is 7. The Kier molecular flexibility index (Phi) is 5.97. The Labute approximate surface area is 142 Å². The number of nitrogens with one attached hydrogen (secondary N) is 1. The molecule has 0 fully saturated rings. The SMILES string of the molecule is COc1ccc(C(=O)COC(=O)CNC(=O)c2ccco2)cc1Cl. The number of ketones is 1. The molecule has 0 unspecified atom stereocenters. The number of benzene rings is 1. The molecule has 0 saturated heterocycles. The van der Waals surface area contributed by atoms with Crippen LogP contribution in [0.4, 0.5) is 0 Å². The average molecular weight is 352 g/mol. The summed E-state index contributed by atoms with van der Waals surface area (Å²) < 4.78 is 14.7. The third-order valence-corrected chi connectivity index (χ3v) is 3.27. The number of carbonyl (C=O) groups is 3. The average Bonchev–Trinajstić information content (AvgIpc) is 3.12. The zero-order valence-electron chi connectivity index (χ0n) is 12.7. The van der Waals surface area contributed by atoms with Gasteiger partial charge in [-0.15, -0.1) is 0 Å². The molecule has 1 aromatic carbocycles. The summed E-state index contributed by atoms with van der Waals surface area (Å²) in [7, 11) is 1.46. The van der Waals surface area contributed by atoms with E-state index < -0.39 is 24.3 Å². The quantitative estimate of drug-likeness (QED) is 0.606. The van der Waals surface area contributed by atoms with Crippen molar-refractivity contribution in [2.24, 2.45) is 0 Å². The fourth-order valence-electron chi connectivity index (χ4n) is 1.77. The minimum Gasteiger partial charge on any atom is -0.495 e. The van der Waals surface area contributed by atoms with E-state index >= 15 is 0 Å². The zero-order chi connectivity index (χ0) is 17.5. The molecule has 8 heteroatoms. The minimum absolute atomic E-state index is 0.0757. The Morgan fingerprint density at radius 2 is 2.04 bits per heavy atom. The van der Waals surface area contributed by atoms with Crippen molar-refractivity contribution < 1.29 is 28.3 Å². The van der Waals surface area contributed by atoms with Gasteiger partial charge in [0, 0.05) is 5.56 Å². The van der Waals surface area contributed by atoms with Crippen LogP contribution in [0.25, 0.3) is 0 Å². The van der Waals surface area contributed by atoms with Crippen LogP contribution >= 0.6 is 11.6 Å². The van der Waals surface area contributed by atoms with E-state index in [4.69, 9.17) is 25.5 Å². The Morgan fingerprint density at radius 1 is 1.25 bits per heavy atom. The van der Waals surface area contributed by atoms with Gasteiger partial charge in [-0.05, 0) is 30.3 Å². The van der Waals surface area contributed by atoms with Crippen LogP contribution in [-0.2, 0) is 9.53 Å². The van der Waals surface area contributed by atoms with E-state index in [1.165, 1.54) is 31.6 Å². The first-order valence-corrected chi connectivity index (χ1v) is 7.23. The molecule has 0 radical (unpaired) electrons. The van der Waals surface area contributed by atoms with Crippen molar-refractivity contribution in [1.82, 2.24) is 5.32 Å². The van der Waals surface area contributed by atoms with Crippen LogP contribution in [-0.4, -0.2) is 37.9 Å². The van der Waals surface area contributed by atoms with Gasteiger partial charge in [0.05, 0.1) is 18.4 Å². The summed E-state index contributed by atoms with van der Waals surface area (Å²) in [6, 6.07) is 7.49. The molecule has 2 rings (SSSR count). The van der Waals surface area contributed by atoms with Crippen LogP contribution in [0.15, 0.2) is 41.0 Å². The highest BCUT2D eigenvalue weighted by Crippen LogP contribution is 2.25. The number of halogens is 1. The number of ether oxygens (including phenoxy) is 2. The van der Waals surface area contributed by atoms with E-state index in [2.05, 4.69) is 5.32 Å². The van der Waals surface area contributed by atoms with Crippen LogP contribution in [0.1, 0.15) is 20.9 Å². The molecule has 0 saturated carbocycles. The molecule has 24 heavy (non-hydrogen) atoms. The van der Waals surface area contributed by atoms with Crippen molar-refractivity contribution in [2.75, 3.05) is 20.3 Å². The molecule has 0 aliphatic rings. The first-order chi connectivity index (χ1) is 11.5. The van der Waals surface area contributed by atoms with Gasteiger partial charge in [-0.25, -0.2) is 0 Å². The summed E-state index contributed by atoms with van der Waals surface area (Å²) >= 11 is 5.93. The Hall–Kier alpha value is -2.80. The van der Waals surface area contributed by atoms with Crippen molar-refractivity contribution in [2.45, 2.75) is 0 Å². The van der Waals surface area contributed by atoms with Gasteiger partial charge < -0.3 is 19.2 Å². The molecule has 0 spiro atoms. The van der Waals surface area contributed by atoms with Gasteiger partial charge in [0.15, 0.2) is 18.2 Å². The van der Waals surface area contributed by atoms with E-state index in [1.807, 2.05) is 0 Å². The fourth-order valence-corrected chi connectivity index (χ4v) is 2.03. The molecule has 1 heterocycles. The number of furan rings is 1. The van der Waals surface area contributed by atoms with E-state index in [9.17, 15) is 14.4 Å². The molecule has 0 atom stereocenters. The van der Waals surface area contributed by atoms with Gasteiger partial charge in [0.2, 0.25) is 0 Å². The lowest BCUT2D eigenvalue weighted by Crippen LogP contribution is -2.31. The molecule has 2 aromatic rings. The Bertz CT molecular complexity index is 741. The van der Waals surface area contributed by atoms with E-state index in [0.717, 1.165) is 0 Å². The van der Waals surface area contributed by atoms with Crippen LogP contribution in [0.2, 0.25) is 5.02 Å². The lowest BCUT2D eigenvalue weighted by atomic mass is 10.1. The first kappa shape index (κ1) is 17.6. The number of Topliss-reactive ketones (excluding diaryl/α,β-unsaturated/α-hetero) is 1. The summed E-state index contributed by atoms with van der Waals surface area (Å²) in [5.41, 5.74) is 0.285. The minimum atomic E-state index is -0.747. The van der Waals surface area contributed by atoms with Gasteiger partial charge >= 0.3 is 5.97 Å². The van der Waals surface area contributed by atoms with Gasteiger partial charge in [0.1, 0.15) is 12.3 Å². The highest BCUT2D eigenvalue weighted by atomic mass is 35.5. The predicted octanol–water partition coefficient (Wildman–Crippen LogP) is 2.10. The number of amides is 1. The topological polar surface area (TPSA) is 94.8 Å². The maximum atomic E-state index is 11.9. The third-order valence-electron chi connectivity index (χ3n) is 2.98. The standard InChI is InChI=1S/C16H14ClNO6/c1-22-13-5-4-10(7-11(13)17)12(19)9-24-15(20)8-18-16(21)14-3-2-6-23-14/h2-7H,8-9H2,1H3,(H,18,21). The van der Waals surface area contributed by atoms with Gasteiger partial charge in [-0.2, -0.15) is 0 Å². The number of esters is 1. The predicted molar refractivity (Wildman–Crippen MR) is 84.3 cm³/mol. The Morgan fingerprint density at radius 3 is 2.67 bits per heavy atom. The zero-order valence-corrected chi connectivity index (χ0v) is 13.5. The van der Waals surface area contributed by atoms with Gasteiger partial charge in [0.25, 0.3) is 5.91 Å². The normalized spacial score (nSPS) is 10.1. The largest absolute Gasteiger partial charge is 0.495 e. The molecule has 1 N–H and O–H groups in total.